The molecule has 0 aliphatic carbocycles. The molecule has 18 heavy (non-hydrogen) atoms. The number of rotatable bonds is 8. The molecule has 0 aliphatic heterocycles. The van der Waals surface area contributed by atoms with Crippen LogP contribution in [0.1, 0.15) is 44.4 Å². The molecule has 1 N–H and O–H groups in total. The molecule has 0 spiro atoms. The Balaban J connectivity index is 2.54. The number of thioether (sulfide) groups is 1. The molecule has 1 rings (SSSR count). The van der Waals surface area contributed by atoms with Gasteiger partial charge in [0.1, 0.15) is 0 Å². The number of hydrogen-bond donors (Lipinski definition) is 1. The molecular weight excluding hydrogens is 238 g/mol. The van der Waals surface area contributed by atoms with E-state index in [1.807, 2.05) is 0 Å². The highest BCUT2D eigenvalue weighted by Crippen LogP contribution is 2.21. The van der Waals surface area contributed by atoms with Gasteiger partial charge >= 0.3 is 0 Å². The average molecular weight is 265 g/mol. The summed E-state index contributed by atoms with van der Waals surface area (Å²) in [6, 6.07) is 9.36. The highest BCUT2D eigenvalue weighted by molar-refractivity contribution is 7.99. The SMILES string of the molecule is CCNC(CSCC(C)CC)c1cccc(C)c1. The van der Waals surface area contributed by atoms with Gasteiger partial charge in [-0.3, -0.25) is 0 Å². The predicted molar refractivity (Wildman–Crippen MR) is 84.4 cm³/mol. The molecular formula is C16H27NS. The van der Waals surface area contributed by atoms with Gasteiger partial charge < -0.3 is 5.32 Å². The molecule has 2 unspecified atom stereocenters. The summed E-state index contributed by atoms with van der Waals surface area (Å²) in [5.74, 6) is 3.26. The molecule has 0 heterocycles. The van der Waals surface area contributed by atoms with Gasteiger partial charge in [0.15, 0.2) is 0 Å². The highest BCUT2D eigenvalue weighted by Gasteiger charge is 2.11. The van der Waals surface area contributed by atoms with Crippen molar-refractivity contribution < 1.29 is 0 Å². The van der Waals surface area contributed by atoms with Gasteiger partial charge in [-0.1, -0.05) is 57.0 Å². The quantitative estimate of drug-likeness (QED) is 0.746. The summed E-state index contributed by atoms with van der Waals surface area (Å²) in [6.07, 6.45) is 1.28. The van der Waals surface area contributed by atoms with Crippen LogP contribution in [0.4, 0.5) is 0 Å². The standard InChI is InChI=1S/C16H27NS/c1-5-13(3)11-18-12-16(17-6-2)15-9-7-8-14(4)10-15/h7-10,13,16-17H,5-6,11-12H2,1-4H3. The lowest BCUT2D eigenvalue weighted by Gasteiger charge is -2.19. The van der Waals surface area contributed by atoms with Crippen LogP contribution < -0.4 is 5.32 Å². The fraction of sp³-hybridized carbons (Fsp3) is 0.625. The van der Waals surface area contributed by atoms with Crippen molar-refractivity contribution in [2.45, 2.75) is 40.2 Å². The molecule has 0 saturated heterocycles. The molecule has 0 saturated carbocycles. The van der Waals surface area contributed by atoms with Crippen LogP contribution in [0.25, 0.3) is 0 Å². The highest BCUT2D eigenvalue weighted by atomic mass is 32.2. The fourth-order valence-corrected chi connectivity index (χ4v) is 3.23. The summed E-state index contributed by atoms with van der Waals surface area (Å²) in [6.45, 7) is 9.99. The minimum Gasteiger partial charge on any atom is -0.310 e. The van der Waals surface area contributed by atoms with Gasteiger partial charge in [-0.2, -0.15) is 11.8 Å². The summed E-state index contributed by atoms with van der Waals surface area (Å²) in [4.78, 5) is 0. The van der Waals surface area contributed by atoms with E-state index >= 15 is 0 Å². The van der Waals surface area contributed by atoms with E-state index in [0.717, 1.165) is 12.5 Å². The van der Waals surface area contributed by atoms with Crippen molar-refractivity contribution in [2.24, 2.45) is 5.92 Å². The van der Waals surface area contributed by atoms with Gasteiger partial charge in [-0.05, 0) is 30.7 Å². The topological polar surface area (TPSA) is 12.0 Å². The maximum Gasteiger partial charge on any atom is 0.0411 e. The third kappa shape index (κ3) is 5.45. The molecule has 0 fully saturated rings. The lowest BCUT2D eigenvalue weighted by Crippen LogP contribution is -2.23. The largest absolute Gasteiger partial charge is 0.310 e. The number of aryl methyl sites for hydroxylation is 1. The molecule has 1 aromatic carbocycles. The third-order valence-corrected chi connectivity index (χ3v) is 4.65. The first-order valence-electron chi connectivity index (χ1n) is 7.05. The third-order valence-electron chi connectivity index (χ3n) is 3.28. The minimum atomic E-state index is 0.490. The normalized spacial score (nSPS) is 14.4. The van der Waals surface area contributed by atoms with E-state index in [2.05, 4.69) is 69.0 Å². The van der Waals surface area contributed by atoms with Crippen LogP contribution in [-0.2, 0) is 0 Å². The number of nitrogens with one attached hydrogen (secondary N) is 1. The first-order chi connectivity index (χ1) is 8.67. The Kier molecular flexibility index (Phi) is 7.45. The fourth-order valence-electron chi connectivity index (χ4n) is 1.91. The maximum atomic E-state index is 3.60. The van der Waals surface area contributed by atoms with Crippen molar-refractivity contribution in [3.8, 4) is 0 Å². The van der Waals surface area contributed by atoms with E-state index in [9.17, 15) is 0 Å². The Morgan fingerprint density at radius 3 is 2.61 bits per heavy atom. The van der Waals surface area contributed by atoms with Crippen molar-refractivity contribution in [3.63, 3.8) is 0 Å². The zero-order chi connectivity index (χ0) is 13.4. The van der Waals surface area contributed by atoms with Gasteiger partial charge in [-0.15, -0.1) is 0 Å². The van der Waals surface area contributed by atoms with Crippen molar-refractivity contribution >= 4 is 11.8 Å². The van der Waals surface area contributed by atoms with E-state index in [0.29, 0.717) is 6.04 Å². The van der Waals surface area contributed by atoms with Gasteiger partial charge in [-0.25, -0.2) is 0 Å². The van der Waals surface area contributed by atoms with Crippen LogP contribution in [0.5, 0.6) is 0 Å². The minimum absolute atomic E-state index is 0.490. The van der Waals surface area contributed by atoms with Gasteiger partial charge in [0.2, 0.25) is 0 Å². The van der Waals surface area contributed by atoms with Crippen LogP contribution in [0.3, 0.4) is 0 Å². The van der Waals surface area contributed by atoms with Crippen LogP contribution in [0.15, 0.2) is 24.3 Å². The Hall–Kier alpha value is -0.470. The lowest BCUT2D eigenvalue weighted by atomic mass is 10.1. The smallest absolute Gasteiger partial charge is 0.0411 e. The van der Waals surface area contributed by atoms with Gasteiger partial charge in [0, 0.05) is 11.8 Å². The van der Waals surface area contributed by atoms with Crippen LogP contribution >= 0.6 is 11.8 Å². The van der Waals surface area contributed by atoms with E-state index in [4.69, 9.17) is 0 Å². The zero-order valence-electron chi connectivity index (χ0n) is 12.2. The number of hydrogen-bond acceptors (Lipinski definition) is 2. The van der Waals surface area contributed by atoms with Crippen molar-refractivity contribution in [3.05, 3.63) is 35.4 Å². The maximum absolute atomic E-state index is 3.60. The van der Waals surface area contributed by atoms with E-state index < -0.39 is 0 Å². The number of benzene rings is 1. The van der Waals surface area contributed by atoms with E-state index in [1.54, 1.807) is 0 Å². The molecule has 102 valence electrons. The van der Waals surface area contributed by atoms with E-state index in [-0.39, 0.29) is 0 Å². The second-order valence-electron chi connectivity index (χ2n) is 5.08. The summed E-state index contributed by atoms with van der Waals surface area (Å²) in [5.41, 5.74) is 2.77. The van der Waals surface area contributed by atoms with Gasteiger partial charge in [0.05, 0.1) is 0 Å². The summed E-state index contributed by atoms with van der Waals surface area (Å²) in [5, 5.41) is 3.60. The van der Waals surface area contributed by atoms with Crippen LogP contribution in [0.2, 0.25) is 0 Å². The summed E-state index contributed by atoms with van der Waals surface area (Å²) < 4.78 is 0. The first kappa shape index (κ1) is 15.6. The Bertz CT molecular complexity index is 338. The molecule has 1 nitrogen and oxygen atoms in total. The molecule has 1 aromatic rings. The molecule has 0 bridgehead atoms. The zero-order valence-corrected chi connectivity index (χ0v) is 13.0. The molecule has 2 heteroatoms. The molecule has 0 aliphatic rings. The molecule has 0 aromatic heterocycles. The van der Waals surface area contributed by atoms with E-state index in [1.165, 1.54) is 29.1 Å². The first-order valence-corrected chi connectivity index (χ1v) is 8.20. The Morgan fingerprint density at radius 1 is 1.22 bits per heavy atom. The van der Waals surface area contributed by atoms with Crippen LogP contribution in [-0.4, -0.2) is 18.1 Å². The molecule has 0 amide bonds. The summed E-state index contributed by atoms with van der Waals surface area (Å²) >= 11 is 2.07. The predicted octanol–water partition coefficient (Wildman–Crippen LogP) is 4.42. The molecule has 0 radical (unpaired) electrons. The monoisotopic (exact) mass is 265 g/mol. The second kappa shape index (κ2) is 8.60. The lowest BCUT2D eigenvalue weighted by molar-refractivity contribution is 0.601. The van der Waals surface area contributed by atoms with Gasteiger partial charge in [0.25, 0.3) is 0 Å². The van der Waals surface area contributed by atoms with Crippen molar-refractivity contribution in [1.29, 1.82) is 0 Å². The van der Waals surface area contributed by atoms with Crippen molar-refractivity contribution in [2.75, 3.05) is 18.1 Å². The summed E-state index contributed by atoms with van der Waals surface area (Å²) in [7, 11) is 0. The van der Waals surface area contributed by atoms with Crippen molar-refractivity contribution in [1.82, 2.24) is 5.32 Å². The average Bonchev–Trinajstić information content (AvgIpc) is 2.37. The molecule has 2 atom stereocenters. The Morgan fingerprint density at radius 2 is 2.00 bits per heavy atom. The Labute approximate surface area is 117 Å². The second-order valence-corrected chi connectivity index (χ2v) is 6.15. The van der Waals surface area contributed by atoms with Crippen LogP contribution in [0, 0.1) is 12.8 Å².